The summed E-state index contributed by atoms with van der Waals surface area (Å²) in [5, 5.41) is 0. The van der Waals surface area contributed by atoms with Gasteiger partial charge in [0.2, 0.25) is 0 Å². The van der Waals surface area contributed by atoms with Gasteiger partial charge in [0.1, 0.15) is 0 Å². The van der Waals surface area contributed by atoms with Crippen molar-refractivity contribution >= 4 is 17.4 Å². The topological polar surface area (TPSA) is 63.0 Å². The molecule has 0 unspecified atom stereocenters. The first kappa shape index (κ1) is 136. The van der Waals surface area contributed by atoms with E-state index in [2.05, 4.69) is 0 Å². The van der Waals surface area contributed by atoms with Crippen LogP contribution in [0.2, 0.25) is 0 Å². The molecule has 3 radical (unpaired) electrons. The summed E-state index contributed by atoms with van der Waals surface area (Å²) >= 11 is 0. The van der Waals surface area contributed by atoms with Gasteiger partial charge in [-0.05, 0) is 0 Å². The van der Waals surface area contributed by atoms with Gasteiger partial charge in [0.05, 0.1) is 0 Å². The summed E-state index contributed by atoms with van der Waals surface area (Å²) in [5.74, 6) is 0. The first-order chi connectivity index (χ1) is 0. The predicted molar refractivity (Wildman–Crippen MR) is 17.2 cm³/mol. The average molecular weight is 520 g/mol. The molecule has 0 heterocycles. The summed E-state index contributed by atoms with van der Waals surface area (Å²) in [6, 6.07) is 0. The van der Waals surface area contributed by atoms with Crippen molar-refractivity contribution in [3.63, 3.8) is 0 Å². The van der Waals surface area contributed by atoms with Crippen LogP contribution in [0.5, 0.6) is 0 Å². The van der Waals surface area contributed by atoms with Crippen molar-refractivity contribution in [1.82, 2.24) is 0 Å². The maximum atomic E-state index is 0. The van der Waals surface area contributed by atoms with Gasteiger partial charge in [-0.1, -0.05) is 0 Å². The summed E-state index contributed by atoms with van der Waals surface area (Å²) < 4.78 is 0. The van der Waals surface area contributed by atoms with Crippen LogP contribution in [0.1, 0.15) is 0 Å². The monoisotopic (exact) mass is 519 g/mol. The van der Waals surface area contributed by atoms with Crippen molar-refractivity contribution < 1.29 is 136 Å². The zero-order valence-electron chi connectivity index (χ0n) is 3.81. The largest absolute Gasteiger partial charge is 0.412 e. The zero-order valence-corrected chi connectivity index (χ0v) is 14.0. The van der Waals surface area contributed by atoms with E-state index in [1.54, 1.807) is 0 Å². The van der Waals surface area contributed by atoms with Crippen molar-refractivity contribution in [3.8, 4) is 0 Å². The van der Waals surface area contributed by atoms with Crippen LogP contribution in [0.25, 0.3) is 0 Å². The van der Waals surface area contributed by atoms with E-state index < -0.39 is 0 Å². The molecular weight excluding hydrogens is 513 g/mol. The first-order valence-corrected chi connectivity index (χ1v) is 0. The van der Waals surface area contributed by atoms with Crippen molar-refractivity contribution in [2.75, 3.05) is 0 Å². The Labute approximate surface area is 151 Å². The maximum absolute atomic E-state index is 0. The van der Waals surface area contributed by atoms with Gasteiger partial charge in [-0.25, -0.2) is 0 Å². The normalized spacial score (nSPS) is 0. The van der Waals surface area contributed by atoms with E-state index in [-0.39, 0.29) is 153 Å². The fourth-order valence-electron chi connectivity index (χ4n) is 0. The van der Waals surface area contributed by atoms with Crippen LogP contribution >= 0.6 is 0 Å². The third kappa shape index (κ3) is 84.5. The summed E-state index contributed by atoms with van der Waals surface area (Å²) in [5.41, 5.74) is 0. The molecule has 0 saturated carbocycles. The van der Waals surface area contributed by atoms with Crippen LogP contribution in [-0.2, 0) is 125 Å². The van der Waals surface area contributed by atoms with Gasteiger partial charge in [0, 0.05) is 125 Å². The predicted octanol–water partition coefficient (Wildman–Crippen LogP) is -2.85. The smallest absolute Gasteiger partial charge is 0.187 e. The van der Waals surface area contributed by atoms with Gasteiger partial charge < -0.3 is 11.0 Å². The SMILES string of the molecule is O.O.[AlH3].[Co].[Cu].[Fe].[Ni].[Ru].[V].[Zn]. The van der Waals surface area contributed by atoms with Crippen LogP contribution in [-0.4, -0.2) is 28.3 Å². The van der Waals surface area contributed by atoms with Crippen molar-refractivity contribution in [1.29, 1.82) is 0 Å². The van der Waals surface area contributed by atoms with E-state index in [4.69, 9.17) is 0 Å². The van der Waals surface area contributed by atoms with E-state index in [9.17, 15) is 0 Å². The van der Waals surface area contributed by atoms with Gasteiger partial charge in [-0.15, -0.1) is 0 Å². The fourth-order valence-corrected chi connectivity index (χ4v) is 0. The minimum absolute atomic E-state index is 0. The average Bonchev–Trinajstić information content (AvgIpc) is 0. The zero-order chi connectivity index (χ0) is 0. The summed E-state index contributed by atoms with van der Waals surface area (Å²) in [7, 11) is 0. The Hall–Kier alpha value is 4.32. The molecule has 0 aliphatic heterocycles. The van der Waals surface area contributed by atoms with E-state index in [0.717, 1.165) is 0 Å². The van der Waals surface area contributed by atoms with Gasteiger partial charge in [0.25, 0.3) is 0 Å². The van der Waals surface area contributed by atoms with Gasteiger partial charge in [0.15, 0.2) is 17.4 Å². The Morgan fingerprint density at radius 1 is 0.900 bits per heavy atom. The van der Waals surface area contributed by atoms with Crippen LogP contribution < -0.4 is 0 Å². The molecule has 0 aromatic rings. The van der Waals surface area contributed by atoms with Crippen LogP contribution in [0, 0.1) is 0 Å². The molecule has 0 fully saturated rings. The van der Waals surface area contributed by atoms with Crippen molar-refractivity contribution in [3.05, 3.63) is 0 Å². The molecule has 0 spiro atoms. The van der Waals surface area contributed by atoms with E-state index in [0.29, 0.717) is 0 Å². The number of hydrogen-bond donors (Lipinski definition) is 0. The van der Waals surface area contributed by atoms with Gasteiger partial charge in [-0.3, -0.25) is 0 Å². The molecule has 10 heavy (non-hydrogen) atoms. The van der Waals surface area contributed by atoms with E-state index >= 15 is 0 Å². The van der Waals surface area contributed by atoms with Crippen molar-refractivity contribution in [2.45, 2.75) is 0 Å². The van der Waals surface area contributed by atoms with Crippen molar-refractivity contribution in [2.24, 2.45) is 0 Å². The first-order valence-electron chi connectivity index (χ1n) is 0. The number of hydrogen-bond acceptors (Lipinski definition) is 0. The molecule has 0 rings (SSSR count). The Morgan fingerprint density at radius 2 is 0.900 bits per heavy atom. The third-order valence-corrected chi connectivity index (χ3v) is 0. The molecule has 0 aromatic carbocycles. The fraction of sp³-hybridized carbons (Fsp3) is 0. The molecule has 0 aliphatic rings. The van der Waals surface area contributed by atoms with Crippen LogP contribution in [0.15, 0.2) is 0 Å². The summed E-state index contributed by atoms with van der Waals surface area (Å²) in [4.78, 5) is 0. The molecule has 0 saturated heterocycles. The van der Waals surface area contributed by atoms with E-state index in [1.165, 1.54) is 0 Å². The van der Waals surface area contributed by atoms with Gasteiger partial charge in [-0.2, -0.15) is 0 Å². The molecule has 0 atom stereocenters. The Kier molecular flexibility index (Phi) is 1470. The Morgan fingerprint density at radius 3 is 0.900 bits per heavy atom. The molecule has 4 N–H and O–H groups in total. The molecule has 0 amide bonds. The van der Waals surface area contributed by atoms with Crippen LogP contribution in [0.4, 0.5) is 0 Å². The second-order valence-corrected chi connectivity index (χ2v) is 0. The van der Waals surface area contributed by atoms with Crippen LogP contribution in [0.3, 0.4) is 0 Å². The molecule has 2 nitrogen and oxygen atoms in total. The summed E-state index contributed by atoms with van der Waals surface area (Å²) in [6.45, 7) is 0. The molecular formula is H7AlCoCuFeNiO2RuVZn. The number of rotatable bonds is 0. The molecule has 10 heteroatoms. The quantitative estimate of drug-likeness (QED) is 0.309. The maximum Gasteiger partial charge on any atom is 0.187 e. The minimum atomic E-state index is 0. The van der Waals surface area contributed by atoms with Gasteiger partial charge >= 0.3 is 0 Å². The Bertz CT molecular complexity index is 31.2. The van der Waals surface area contributed by atoms with E-state index in [1.807, 2.05) is 0 Å². The molecule has 75 valence electrons. The summed E-state index contributed by atoms with van der Waals surface area (Å²) in [6.07, 6.45) is 0. The Balaban J connectivity index is 0. The minimum Gasteiger partial charge on any atom is -0.412 e. The molecule has 0 aliphatic carbocycles. The second kappa shape index (κ2) is 108. The standard InChI is InChI=1S/Al.Co.Cu.Fe.Ni.2H2O.Ru.V.Zn.3H/h;;;;;2*1H2;;;;;;. The molecule has 0 bridgehead atoms. The second-order valence-electron chi connectivity index (χ2n) is 0. The molecule has 0 aromatic heterocycles. The third-order valence-electron chi connectivity index (χ3n) is 0.